The van der Waals surface area contributed by atoms with Gasteiger partial charge >= 0.3 is 0 Å². The summed E-state index contributed by atoms with van der Waals surface area (Å²) < 4.78 is 12.4. The van der Waals surface area contributed by atoms with E-state index in [2.05, 4.69) is 26.2 Å². The third kappa shape index (κ3) is 5.73. The molecule has 1 amide bonds. The van der Waals surface area contributed by atoms with Gasteiger partial charge in [0, 0.05) is 9.50 Å². The molecular weight excluding hydrogens is 512 g/mol. The zero-order chi connectivity index (χ0) is 22.5. The lowest BCUT2D eigenvalue weighted by Crippen LogP contribution is -2.19. The first-order valence-corrected chi connectivity index (χ1v) is 11.6. The number of hydrogen-bond acceptors (Lipinski definition) is 5. The van der Waals surface area contributed by atoms with Crippen molar-refractivity contribution in [1.29, 1.82) is 0 Å². The Labute approximate surface area is 203 Å². The van der Waals surface area contributed by atoms with Gasteiger partial charge in [-0.15, -0.1) is 0 Å². The third-order valence-corrected chi connectivity index (χ3v) is 6.19. The van der Waals surface area contributed by atoms with Gasteiger partial charge in [-0.3, -0.25) is 4.79 Å². The van der Waals surface area contributed by atoms with Crippen molar-refractivity contribution in [3.8, 4) is 11.5 Å². The van der Waals surface area contributed by atoms with Crippen molar-refractivity contribution >= 4 is 62.1 Å². The molecule has 8 heteroatoms. The molecule has 1 fully saturated rings. The van der Waals surface area contributed by atoms with Crippen LogP contribution in [0, 0.1) is 0 Å². The molecule has 1 N–H and O–H groups in total. The van der Waals surface area contributed by atoms with Crippen molar-refractivity contribution in [1.82, 2.24) is 5.32 Å². The minimum atomic E-state index is -0.198. The Morgan fingerprint density at radius 2 is 1.81 bits per heavy atom. The summed E-state index contributed by atoms with van der Waals surface area (Å²) in [5, 5.41) is 3.94. The molecule has 162 valence electrons. The molecule has 3 aromatic rings. The Morgan fingerprint density at radius 1 is 1.06 bits per heavy atom. The topological polar surface area (TPSA) is 59.9 Å². The number of methoxy groups -OCH3 is 1. The molecule has 0 spiro atoms. The van der Waals surface area contributed by atoms with Gasteiger partial charge in [-0.25, -0.2) is 4.99 Å². The summed E-state index contributed by atoms with van der Waals surface area (Å²) in [7, 11) is 1.60. The molecule has 1 heterocycles. The number of halogens is 2. The minimum Gasteiger partial charge on any atom is -0.493 e. The number of benzene rings is 3. The average molecular weight is 530 g/mol. The van der Waals surface area contributed by atoms with Crippen LogP contribution in [-0.2, 0) is 11.4 Å². The molecule has 0 atom stereocenters. The average Bonchev–Trinajstić information content (AvgIpc) is 3.13. The van der Waals surface area contributed by atoms with Crippen molar-refractivity contribution in [2.75, 3.05) is 7.11 Å². The summed E-state index contributed by atoms with van der Waals surface area (Å²) in [4.78, 5) is 17.4. The second-order valence-electron chi connectivity index (χ2n) is 6.78. The van der Waals surface area contributed by atoms with E-state index >= 15 is 0 Å². The van der Waals surface area contributed by atoms with Crippen LogP contribution in [0.5, 0.6) is 11.5 Å². The van der Waals surface area contributed by atoms with Gasteiger partial charge in [0.15, 0.2) is 16.7 Å². The van der Waals surface area contributed by atoms with Crippen LogP contribution in [-0.4, -0.2) is 18.2 Å². The van der Waals surface area contributed by atoms with Gasteiger partial charge in [0.2, 0.25) is 0 Å². The van der Waals surface area contributed by atoms with Crippen LogP contribution in [0.25, 0.3) is 6.08 Å². The molecule has 0 aromatic heterocycles. The number of nitrogens with one attached hydrogen (secondary N) is 1. The lowest BCUT2D eigenvalue weighted by Gasteiger charge is -2.12. The number of rotatable bonds is 6. The van der Waals surface area contributed by atoms with E-state index < -0.39 is 0 Å². The van der Waals surface area contributed by atoms with Crippen molar-refractivity contribution in [3.05, 3.63) is 92.3 Å². The maximum Gasteiger partial charge on any atom is 0.264 e. The fraction of sp³-hybridized carbons (Fsp3) is 0.0833. The number of hydrogen-bond donors (Lipinski definition) is 1. The fourth-order valence-corrected chi connectivity index (χ4v) is 4.13. The van der Waals surface area contributed by atoms with Gasteiger partial charge in [0.05, 0.1) is 17.7 Å². The van der Waals surface area contributed by atoms with Crippen molar-refractivity contribution < 1.29 is 14.3 Å². The van der Waals surface area contributed by atoms with E-state index in [4.69, 9.17) is 21.1 Å². The number of amidine groups is 1. The number of amides is 1. The van der Waals surface area contributed by atoms with Gasteiger partial charge in [-0.2, -0.15) is 0 Å². The van der Waals surface area contributed by atoms with Crippen LogP contribution in [0.1, 0.15) is 11.1 Å². The summed E-state index contributed by atoms with van der Waals surface area (Å²) in [6.07, 6.45) is 1.80. The summed E-state index contributed by atoms with van der Waals surface area (Å²) in [6, 6.07) is 20.6. The zero-order valence-corrected chi connectivity index (χ0v) is 20.1. The first-order valence-electron chi connectivity index (χ1n) is 9.60. The molecule has 1 saturated heterocycles. The van der Waals surface area contributed by atoms with Gasteiger partial charge in [0.1, 0.15) is 6.61 Å². The lowest BCUT2D eigenvalue weighted by molar-refractivity contribution is -0.115. The van der Waals surface area contributed by atoms with Crippen molar-refractivity contribution in [2.45, 2.75) is 6.61 Å². The first kappa shape index (κ1) is 22.5. The third-order valence-electron chi connectivity index (χ3n) is 4.50. The second kappa shape index (κ2) is 10.3. The molecule has 3 aromatic carbocycles. The highest BCUT2D eigenvalue weighted by Gasteiger charge is 2.24. The standard InChI is InChI=1S/C24H18BrClN2O3S/c1-30-20-11-4-16(12-21(20)31-14-15-2-5-17(25)6-3-15)13-22-23(29)28-24(32-22)27-19-9-7-18(26)8-10-19/h2-13H,14H2,1H3,(H,27,28,29)/b22-13-. The lowest BCUT2D eigenvalue weighted by atomic mass is 10.2. The summed E-state index contributed by atoms with van der Waals surface area (Å²) >= 11 is 10.6. The fourth-order valence-electron chi connectivity index (χ4n) is 2.90. The molecule has 4 rings (SSSR count). The highest BCUT2D eigenvalue weighted by Crippen LogP contribution is 2.33. The number of carbonyl (C=O) groups excluding carboxylic acids is 1. The van der Waals surface area contributed by atoms with E-state index in [0.29, 0.717) is 38.9 Å². The summed E-state index contributed by atoms with van der Waals surface area (Å²) in [5.41, 5.74) is 2.57. The summed E-state index contributed by atoms with van der Waals surface area (Å²) in [6.45, 7) is 0.400. The van der Waals surface area contributed by atoms with E-state index in [-0.39, 0.29) is 5.91 Å². The van der Waals surface area contributed by atoms with Gasteiger partial charge in [-0.1, -0.05) is 45.7 Å². The molecule has 0 bridgehead atoms. The molecule has 1 aliphatic heterocycles. The Morgan fingerprint density at radius 3 is 2.53 bits per heavy atom. The molecule has 0 unspecified atom stereocenters. The zero-order valence-electron chi connectivity index (χ0n) is 17.0. The maximum atomic E-state index is 12.4. The quantitative estimate of drug-likeness (QED) is 0.366. The molecule has 1 aliphatic rings. The highest BCUT2D eigenvalue weighted by molar-refractivity contribution is 9.10. The predicted molar refractivity (Wildman–Crippen MR) is 134 cm³/mol. The number of ether oxygens (including phenoxy) is 2. The molecule has 5 nitrogen and oxygen atoms in total. The molecule has 32 heavy (non-hydrogen) atoms. The van der Waals surface area contributed by atoms with E-state index in [1.54, 1.807) is 37.5 Å². The Balaban J connectivity index is 1.51. The van der Waals surface area contributed by atoms with E-state index in [9.17, 15) is 4.79 Å². The minimum absolute atomic E-state index is 0.198. The Bertz CT molecular complexity index is 1190. The van der Waals surface area contributed by atoms with Crippen molar-refractivity contribution in [2.24, 2.45) is 4.99 Å². The number of aliphatic imine (C=N–C) groups is 1. The SMILES string of the molecule is COc1ccc(/C=C2\SC(=Nc3ccc(Cl)cc3)NC2=O)cc1OCc1ccc(Br)cc1. The van der Waals surface area contributed by atoms with Crippen LogP contribution in [0.15, 0.2) is 81.1 Å². The monoisotopic (exact) mass is 528 g/mol. The molecular formula is C24H18BrClN2O3S. The van der Waals surface area contributed by atoms with Crippen molar-refractivity contribution in [3.63, 3.8) is 0 Å². The van der Waals surface area contributed by atoms with Gasteiger partial charge < -0.3 is 14.8 Å². The Hall–Kier alpha value is -2.74. The molecule has 0 saturated carbocycles. The highest BCUT2D eigenvalue weighted by atomic mass is 79.9. The second-order valence-corrected chi connectivity index (χ2v) is 9.17. The van der Waals surface area contributed by atoms with Crippen LogP contribution in [0.4, 0.5) is 5.69 Å². The van der Waals surface area contributed by atoms with Crippen LogP contribution < -0.4 is 14.8 Å². The molecule has 0 aliphatic carbocycles. The van der Waals surface area contributed by atoms with Crippen LogP contribution >= 0.6 is 39.3 Å². The number of nitrogens with zero attached hydrogens (tertiary/aromatic N) is 1. The van der Waals surface area contributed by atoms with E-state index in [1.165, 1.54) is 11.8 Å². The Kier molecular flexibility index (Phi) is 7.19. The van der Waals surface area contributed by atoms with Gasteiger partial charge in [0.25, 0.3) is 5.91 Å². The number of thioether (sulfide) groups is 1. The smallest absolute Gasteiger partial charge is 0.264 e. The predicted octanol–water partition coefficient (Wildman–Crippen LogP) is 6.58. The largest absolute Gasteiger partial charge is 0.493 e. The summed E-state index contributed by atoms with van der Waals surface area (Å²) in [5.74, 6) is 1.02. The number of carbonyl (C=O) groups is 1. The van der Waals surface area contributed by atoms with E-state index in [0.717, 1.165) is 15.6 Å². The van der Waals surface area contributed by atoms with Crippen LogP contribution in [0.2, 0.25) is 5.02 Å². The first-order chi connectivity index (χ1) is 15.5. The van der Waals surface area contributed by atoms with Gasteiger partial charge in [-0.05, 0) is 77.5 Å². The maximum absolute atomic E-state index is 12.4. The van der Waals surface area contributed by atoms with E-state index in [1.807, 2.05) is 42.5 Å². The normalized spacial score (nSPS) is 15.8. The van der Waals surface area contributed by atoms with Crippen LogP contribution in [0.3, 0.4) is 0 Å². The molecule has 0 radical (unpaired) electrons.